The fourth-order valence-corrected chi connectivity index (χ4v) is 2.45. The van der Waals surface area contributed by atoms with Crippen molar-refractivity contribution >= 4 is 22.5 Å². The van der Waals surface area contributed by atoms with Gasteiger partial charge in [0, 0.05) is 34.8 Å². The molecule has 5 heteroatoms. The Morgan fingerprint density at radius 2 is 1.70 bits per heavy atom. The van der Waals surface area contributed by atoms with Crippen LogP contribution in [-0.2, 0) is 0 Å². The summed E-state index contributed by atoms with van der Waals surface area (Å²) in [4.78, 5) is 15.6. The maximum Gasteiger partial charge on any atom is 0.272 e. The minimum absolute atomic E-state index is 0.214. The van der Waals surface area contributed by atoms with Crippen molar-refractivity contribution in [2.45, 2.75) is 6.92 Å². The molecular weight excluding hydrogens is 292 g/mol. The molecule has 0 aliphatic rings. The molecule has 3 aromatic rings. The maximum absolute atomic E-state index is 12.4. The zero-order valence-electron chi connectivity index (χ0n) is 13.3. The van der Waals surface area contributed by atoms with Crippen LogP contribution in [0.5, 0.6) is 11.5 Å². The molecule has 0 atom stereocenters. The number of H-pyrrole nitrogens is 1. The highest BCUT2D eigenvalue weighted by Crippen LogP contribution is 2.26. The standard InChI is InChI=1S/C18H18N2O3/c1-11-4-5-16-12(6-11)7-17(20-16)18(21)19-13-8-14(22-2)10-15(9-13)23-3/h4-10,20H,1-3H3,(H,19,21). The molecule has 5 nitrogen and oxygen atoms in total. The quantitative estimate of drug-likeness (QED) is 0.771. The number of rotatable bonds is 4. The molecule has 0 fully saturated rings. The fraction of sp³-hybridized carbons (Fsp3) is 0.167. The van der Waals surface area contributed by atoms with Crippen molar-refractivity contribution in [1.82, 2.24) is 4.98 Å². The topological polar surface area (TPSA) is 63.3 Å². The highest BCUT2D eigenvalue weighted by molar-refractivity contribution is 6.06. The van der Waals surface area contributed by atoms with Crippen molar-refractivity contribution in [2.24, 2.45) is 0 Å². The van der Waals surface area contributed by atoms with E-state index < -0.39 is 0 Å². The number of aromatic amines is 1. The van der Waals surface area contributed by atoms with Crippen molar-refractivity contribution < 1.29 is 14.3 Å². The van der Waals surface area contributed by atoms with Gasteiger partial charge in [0.15, 0.2) is 0 Å². The first-order valence-corrected chi connectivity index (χ1v) is 7.23. The van der Waals surface area contributed by atoms with Gasteiger partial charge in [0.1, 0.15) is 17.2 Å². The van der Waals surface area contributed by atoms with Gasteiger partial charge < -0.3 is 19.8 Å². The molecule has 0 bridgehead atoms. The molecule has 0 aliphatic carbocycles. The molecule has 0 saturated carbocycles. The molecule has 1 aromatic heterocycles. The molecule has 0 aliphatic heterocycles. The van der Waals surface area contributed by atoms with Gasteiger partial charge in [0.25, 0.3) is 5.91 Å². The first-order valence-electron chi connectivity index (χ1n) is 7.23. The fourth-order valence-electron chi connectivity index (χ4n) is 2.45. The largest absolute Gasteiger partial charge is 0.497 e. The number of carbonyl (C=O) groups is 1. The van der Waals surface area contributed by atoms with Crippen LogP contribution in [0.2, 0.25) is 0 Å². The number of fused-ring (bicyclic) bond motifs is 1. The van der Waals surface area contributed by atoms with Crippen molar-refractivity contribution in [3.8, 4) is 11.5 Å². The predicted molar refractivity (Wildman–Crippen MR) is 90.5 cm³/mol. The van der Waals surface area contributed by atoms with Crippen LogP contribution in [0.3, 0.4) is 0 Å². The molecule has 0 unspecified atom stereocenters. The Kier molecular flexibility index (Phi) is 3.93. The number of benzene rings is 2. The van der Waals surface area contributed by atoms with Crippen LogP contribution in [0.1, 0.15) is 16.1 Å². The number of carbonyl (C=O) groups excluding carboxylic acids is 1. The number of hydrogen-bond donors (Lipinski definition) is 2. The maximum atomic E-state index is 12.4. The van der Waals surface area contributed by atoms with Gasteiger partial charge in [0.2, 0.25) is 0 Å². The lowest BCUT2D eigenvalue weighted by Gasteiger charge is -2.09. The Morgan fingerprint density at radius 1 is 1.00 bits per heavy atom. The van der Waals surface area contributed by atoms with E-state index in [-0.39, 0.29) is 5.91 Å². The van der Waals surface area contributed by atoms with E-state index in [0.717, 1.165) is 16.5 Å². The summed E-state index contributed by atoms with van der Waals surface area (Å²) in [6.45, 7) is 2.02. The van der Waals surface area contributed by atoms with E-state index in [2.05, 4.69) is 10.3 Å². The van der Waals surface area contributed by atoms with Gasteiger partial charge in [-0.2, -0.15) is 0 Å². The number of nitrogens with one attached hydrogen (secondary N) is 2. The molecule has 0 saturated heterocycles. The Bertz CT molecular complexity index is 846. The minimum atomic E-state index is -0.214. The monoisotopic (exact) mass is 310 g/mol. The van der Waals surface area contributed by atoms with E-state index in [1.54, 1.807) is 32.4 Å². The zero-order valence-corrected chi connectivity index (χ0v) is 13.3. The number of aromatic nitrogens is 1. The summed E-state index contributed by atoms with van der Waals surface area (Å²) in [5, 5.41) is 3.87. The Morgan fingerprint density at radius 3 is 2.35 bits per heavy atom. The molecule has 0 radical (unpaired) electrons. The first kappa shape index (κ1) is 15.0. The second-order valence-corrected chi connectivity index (χ2v) is 5.33. The van der Waals surface area contributed by atoms with E-state index in [9.17, 15) is 4.79 Å². The smallest absolute Gasteiger partial charge is 0.272 e. The first-order chi connectivity index (χ1) is 11.1. The highest BCUT2D eigenvalue weighted by Gasteiger charge is 2.11. The van der Waals surface area contributed by atoms with Crippen LogP contribution >= 0.6 is 0 Å². The van der Waals surface area contributed by atoms with Gasteiger partial charge in [-0.3, -0.25) is 4.79 Å². The van der Waals surface area contributed by atoms with Crippen LogP contribution in [0, 0.1) is 6.92 Å². The molecular formula is C18H18N2O3. The summed E-state index contributed by atoms with van der Waals surface area (Å²) >= 11 is 0. The third-order valence-electron chi connectivity index (χ3n) is 3.63. The van der Waals surface area contributed by atoms with Gasteiger partial charge in [0.05, 0.1) is 14.2 Å². The van der Waals surface area contributed by atoms with Crippen molar-refractivity contribution in [2.75, 3.05) is 19.5 Å². The molecule has 2 aromatic carbocycles. The van der Waals surface area contributed by atoms with Crippen LogP contribution in [0.4, 0.5) is 5.69 Å². The minimum Gasteiger partial charge on any atom is -0.497 e. The zero-order chi connectivity index (χ0) is 16.4. The highest BCUT2D eigenvalue weighted by atomic mass is 16.5. The second-order valence-electron chi connectivity index (χ2n) is 5.33. The third kappa shape index (κ3) is 3.13. The average molecular weight is 310 g/mol. The van der Waals surface area contributed by atoms with Gasteiger partial charge in [-0.05, 0) is 25.1 Å². The van der Waals surface area contributed by atoms with Gasteiger partial charge >= 0.3 is 0 Å². The average Bonchev–Trinajstić information content (AvgIpc) is 2.97. The number of methoxy groups -OCH3 is 2. The van der Waals surface area contributed by atoms with E-state index in [1.165, 1.54) is 0 Å². The Hall–Kier alpha value is -2.95. The van der Waals surface area contributed by atoms with Crippen LogP contribution < -0.4 is 14.8 Å². The van der Waals surface area contributed by atoms with Crippen molar-refractivity contribution in [1.29, 1.82) is 0 Å². The van der Waals surface area contributed by atoms with Crippen LogP contribution in [0.15, 0.2) is 42.5 Å². The molecule has 1 amide bonds. The van der Waals surface area contributed by atoms with Crippen LogP contribution in [0.25, 0.3) is 10.9 Å². The lowest BCUT2D eigenvalue weighted by atomic mass is 10.2. The molecule has 23 heavy (non-hydrogen) atoms. The molecule has 118 valence electrons. The second kappa shape index (κ2) is 6.04. The number of aryl methyl sites for hydroxylation is 1. The Labute approximate surface area is 134 Å². The van der Waals surface area contributed by atoms with E-state index in [0.29, 0.717) is 22.9 Å². The van der Waals surface area contributed by atoms with Gasteiger partial charge in [-0.15, -0.1) is 0 Å². The summed E-state index contributed by atoms with van der Waals surface area (Å²) in [5.74, 6) is 1.02. The number of amides is 1. The summed E-state index contributed by atoms with van der Waals surface area (Å²) < 4.78 is 10.4. The van der Waals surface area contributed by atoms with Gasteiger partial charge in [-0.25, -0.2) is 0 Å². The van der Waals surface area contributed by atoms with Crippen LogP contribution in [-0.4, -0.2) is 25.1 Å². The number of anilines is 1. The number of hydrogen-bond acceptors (Lipinski definition) is 3. The van der Waals surface area contributed by atoms with E-state index in [1.807, 2.05) is 31.2 Å². The van der Waals surface area contributed by atoms with Crippen molar-refractivity contribution in [3.05, 3.63) is 53.7 Å². The number of ether oxygens (including phenoxy) is 2. The summed E-state index contributed by atoms with van der Waals surface area (Å²) in [7, 11) is 3.14. The predicted octanol–water partition coefficient (Wildman–Crippen LogP) is 3.75. The lowest BCUT2D eigenvalue weighted by molar-refractivity contribution is 0.102. The normalized spacial score (nSPS) is 10.6. The lowest BCUT2D eigenvalue weighted by Crippen LogP contribution is -2.12. The Balaban J connectivity index is 1.88. The molecule has 3 rings (SSSR count). The third-order valence-corrected chi connectivity index (χ3v) is 3.63. The van der Waals surface area contributed by atoms with E-state index in [4.69, 9.17) is 9.47 Å². The summed E-state index contributed by atoms with van der Waals surface area (Å²) in [6, 6.07) is 13.1. The SMILES string of the molecule is COc1cc(NC(=O)c2cc3cc(C)ccc3[nH]2)cc(OC)c1. The molecule has 1 heterocycles. The van der Waals surface area contributed by atoms with Crippen molar-refractivity contribution in [3.63, 3.8) is 0 Å². The molecule has 2 N–H and O–H groups in total. The molecule has 0 spiro atoms. The summed E-state index contributed by atoms with van der Waals surface area (Å²) in [6.07, 6.45) is 0. The summed E-state index contributed by atoms with van der Waals surface area (Å²) in [5.41, 5.74) is 3.21. The van der Waals surface area contributed by atoms with E-state index >= 15 is 0 Å². The van der Waals surface area contributed by atoms with Gasteiger partial charge in [-0.1, -0.05) is 11.6 Å².